The van der Waals surface area contributed by atoms with Gasteiger partial charge in [0, 0.05) is 16.6 Å². The number of furan rings is 1. The summed E-state index contributed by atoms with van der Waals surface area (Å²) < 4.78 is 5.27. The molecule has 0 aliphatic heterocycles. The highest BCUT2D eigenvalue weighted by molar-refractivity contribution is 7.80. The predicted octanol–water partition coefficient (Wildman–Crippen LogP) is 3.56. The molecular weight excluding hydrogens is 284 g/mol. The summed E-state index contributed by atoms with van der Waals surface area (Å²) in [6.45, 7) is 0. The molecular formula is C16H12N2O2S. The summed E-state index contributed by atoms with van der Waals surface area (Å²) in [5.74, 6) is -0.238. The zero-order chi connectivity index (χ0) is 14.7. The van der Waals surface area contributed by atoms with Gasteiger partial charge in [-0.25, -0.2) is 0 Å². The van der Waals surface area contributed by atoms with E-state index in [0.717, 1.165) is 16.7 Å². The van der Waals surface area contributed by atoms with Crippen molar-refractivity contribution < 1.29 is 9.21 Å². The number of fused-ring (bicyclic) bond motifs is 1. The van der Waals surface area contributed by atoms with Crippen LogP contribution in [-0.4, -0.2) is 11.0 Å². The van der Waals surface area contributed by atoms with Crippen LogP contribution in [-0.2, 0) is 0 Å². The Morgan fingerprint density at radius 2 is 1.86 bits per heavy atom. The Bertz CT molecular complexity index is 796. The molecule has 1 aromatic heterocycles. The normalized spacial score (nSPS) is 10.3. The Balaban J connectivity index is 1.67. The quantitative estimate of drug-likeness (QED) is 0.710. The van der Waals surface area contributed by atoms with E-state index in [1.54, 1.807) is 30.5 Å². The second kappa shape index (κ2) is 5.76. The first-order valence-corrected chi connectivity index (χ1v) is 6.78. The summed E-state index contributed by atoms with van der Waals surface area (Å²) in [6.07, 6.45) is 1.63. The number of amides is 1. The van der Waals surface area contributed by atoms with Gasteiger partial charge in [-0.15, -0.1) is 0 Å². The largest absolute Gasteiger partial charge is 0.464 e. The number of anilines is 1. The van der Waals surface area contributed by atoms with Gasteiger partial charge in [0.15, 0.2) is 5.11 Å². The van der Waals surface area contributed by atoms with Crippen LogP contribution in [0.15, 0.2) is 65.3 Å². The van der Waals surface area contributed by atoms with Crippen LogP contribution in [0, 0.1) is 0 Å². The van der Waals surface area contributed by atoms with Gasteiger partial charge in [0.05, 0.1) is 6.26 Å². The minimum Gasteiger partial charge on any atom is -0.464 e. The van der Waals surface area contributed by atoms with Gasteiger partial charge in [0.1, 0.15) is 5.58 Å². The third-order valence-corrected chi connectivity index (χ3v) is 3.18. The summed E-state index contributed by atoms with van der Waals surface area (Å²) in [7, 11) is 0. The lowest BCUT2D eigenvalue weighted by atomic mass is 10.2. The average Bonchev–Trinajstić information content (AvgIpc) is 2.95. The molecule has 0 saturated heterocycles. The Morgan fingerprint density at radius 3 is 2.67 bits per heavy atom. The molecule has 0 radical (unpaired) electrons. The van der Waals surface area contributed by atoms with E-state index in [1.165, 1.54) is 0 Å². The molecule has 0 aliphatic rings. The minimum absolute atomic E-state index is 0.238. The van der Waals surface area contributed by atoms with Crippen LogP contribution in [0.3, 0.4) is 0 Å². The fourth-order valence-corrected chi connectivity index (χ4v) is 2.18. The molecule has 104 valence electrons. The Kier molecular flexibility index (Phi) is 3.66. The molecule has 2 N–H and O–H groups in total. The zero-order valence-corrected chi connectivity index (χ0v) is 11.8. The molecule has 0 atom stereocenters. The number of nitrogens with one attached hydrogen (secondary N) is 2. The van der Waals surface area contributed by atoms with Crippen molar-refractivity contribution in [3.05, 3.63) is 66.4 Å². The summed E-state index contributed by atoms with van der Waals surface area (Å²) in [5, 5.41) is 6.85. The topological polar surface area (TPSA) is 54.3 Å². The van der Waals surface area contributed by atoms with Gasteiger partial charge < -0.3 is 9.73 Å². The van der Waals surface area contributed by atoms with E-state index in [4.69, 9.17) is 16.6 Å². The van der Waals surface area contributed by atoms with E-state index in [-0.39, 0.29) is 11.0 Å². The molecule has 21 heavy (non-hydrogen) atoms. The maximum atomic E-state index is 12.0. The highest BCUT2D eigenvalue weighted by Crippen LogP contribution is 2.19. The predicted molar refractivity (Wildman–Crippen MR) is 86.3 cm³/mol. The lowest BCUT2D eigenvalue weighted by Gasteiger charge is -2.09. The van der Waals surface area contributed by atoms with Crippen LogP contribution in [0.25, 0.3) is 11.0 Å². The number of benzene rings is 2. The number of hydrogen-bond acceptors (Lipinski definition) is 3. The highest BCUT2D eigenvalue weighted by Gasteiger charge is 2.07. The Labute approximate surface area is 126 Å². The van der Waals surface area contributed by atoms with Crippen molar-refractivity contribution >= 4 is 39.9 Å². The third kappa shape index (κ3) is 3.09. The molecule has 1 amide bonds. The minimum atomic E-state index is -0.238. The molecule has 4 nitrogen and oxygen atoms in total. The van der Waals surface area contributed by atoms with E-state index in [1.807, 2.05) is 30.3 Å². The zero-order valence-electron chi connectivity index (χ0n) is 11.0. The standard InChI is InChI=1S/C16H12N2O2S/c19-15(11-4-2-1-3-5-11)18-16(21)17-13-6-7-14-12(10-13)8-9-20-14/h1-10H,(H2,17,18,19,21). The van der Waals surface area contributed by atoms with Crippen LogP contribution in [0.2, 0.25) is 0 Å². The molecule has 0 unspecified atom stereocenters. The van der Waals surface area contributed by atoms with E-state index in [9.17, 15) is 4.79 Å². The molecule has 0 saturated carbocycles. The SMILES string of the molecule is O=C(NC(=S)Nc1ccc2occc2c1)c1ccccc1. The fourth-order valence-electron chi connectivity index (χ4n) is 1.97. The van der Waals surface area contributed by atoms with Gasteiger partial charge in [-0.2, -0.15) is 0 Å². The van der Waals surface area contributed by atoms with E-state index in [0.29, 0.717) is 5.56 Å². The second-order valence-corrected chi connectivity index (χ2v) is 4.86. The molecule has 0 fully saturated rings. The molecule has 3 rings (SSSR count). The van der Waals surface area contributed by atoms with Crippen LogP contribution < -0.4 is 10.6 Å². The first kappa shape index (κ1) is 13.3. The lowest BCUT2D eigenvalue weighted by Crippen LogP contribution is -2.34. The summed E-state index contributed by atoms with van der Waals surface area (Å²) in [5.41, 5.74) is 2.16. The van der Waals surface area contributed by atoms with Crippen molar-refractivity contribution in [2.75, 3.05) is 5.32 Å². The molecule has 5 heteroatoms. The first-order chi connectivity index (χ1) is 10.2. The Hall–Kier alpha value is -2.66. The van der Waals surface area contributed by atoms with Crippen LogP contribution in [0.5, 0.6) is 0 Å². The second-order valence-electron chi connectivity index (χ2n) is 4.45. The van der Waals surface area contributed by atoms with Gasteiger partial charge in [-0.3, -0.25) is 10.1 Å². The third-order valence-electron chi connectivity index (χ3n) is 2.97. The van der Waals surface area contributed by atoms with Crippen molar-refractivity contribution in [2.24, 2.45) is 0 Å². The number of carbonyl (C=O) groups excluding carboxylic acids is 1. The van der Waals surface area contributed by atoms with Crippen molar-refractivity contribution in [3.8, 4) is 0 Å². The number of hydrogen-bond donors (Lipinski definition) is 2. The highest BCUT2D eigenvalue weighted by atomic mass is 32.1. The number of thiocarbonyl (C=S) groups is 1. The molecule has 0 spiro atoms. The number of carbonyl (C=O) groups is 1. The van der Waals surface area contributed by atoms with Crippen molar-refractivity contribution in [3.63, 3.8) is 0 Å². The first-order valence-electron chi connectivity index (χ1n) is 6.37. The molecule has 3 aromatic rings. The fraction of sp³-hybridized carbons (Fsp3) is 0. The van der Waals surface area contributed by atoms with E-state index in [2.05, 4.69) is 10.6 Å². The maximum absolute atomic E-state index is 12.0. The summed E-state index contributed by atoms with van der Waals surface area (Å²) in [6, 6.07) is 16.4. The lowest BCUT2D eigenvalue weighted by molar-refractivity contribution is 0.0977. The van der Waals surface area contributed by atoms with Gasteiger partial charge in [0.25, 0.3) is 5.91 Å². The van der Waals surface area contributed by atoms with Crippen LogP contribution >= 0.6 is 12.2 Å². The van der Waals surface area contributed by atoms with Gasteiger partial charge in [-0.05, 0) is 48.6 Å². The van der Waals surface area contributed by atoms with Crippen LogP contribution in [0.4, 0.5) is 5.69 Å². The van der Waals surface area contributed by atoms with Crippen molar-refractivity contribution in [1.29, 1.82) is 0 Å². The van der Waals surface area contributed by atoms with Crippen molar-refractivity contribution in [2.45, 2.75) is 0 Å². The molecule has 2 aromatic carbocycles. The molecule has 0 aliphatic carbocycles. The van der Waals surface area contributed by atoms with E-state index >= 15 is 0 Å². The number of rotatable bonds is 2. The van der Waals surface area contributed by atoms with Crippen molar-refractivity contribution in [1.82, 2.24) is 5.32 Å². The summed E-state index contributed by atoms with van der Waals surface area (Å²) >= 11 is 5.15. The van der Waals surface area contributed by atoms with Crippen LogP contribution in [0.1, 0.15) is 10.4 Å². The Morgan fingerprint density at radius 1 is 1.05 bits per heavy atom. The monoisotopic (exact) mass is 296 g/mol. The van der Waals surface area contributed by atoms with Gasteiger partial charge in [0.2, 0.25) is 0 Å². The molecule has 1 heterocycles. The smallest absolute Gasteiger partial charge is 0.257 e. The van der Waals surface area contributed by atoms with Gasteiger partial charge >= 0.3 is 0 Å². The van der Waals surface area contributed by atoms with Gasteiger partial charge in [-0.1, -0.05) is 18.2 Å². The van der Waals surface area contributed by atoms with E-state index < -0.39 is 0 Å². The molecule has 0 bridgehead atoms. The summed E-state index contributed by atoms with van der Waals surface area (Å²) in [4.78, 5) is 12.0. The average molecular weight is 296 g/mol. The maximum Gasteiger partial charge on any atom is 0.257 e.